The molecule has 0 aliphatic carbocycles. The van der Waals surface area contributed by atoms with Crippen LogP contribution in [0.3, 0.4) is 0 Å². The molecule has 0 radical (unpaired) electrons. The standard InChI is InChI=1S/C14H16F2N2O2/c15-14(16,13(19)9-18-8-4-7-17-18)11-20-10-12-5-2-1-3-6-12/h1-8,13,19H,9-11H2. The van der Waals surface area contributed by atoms with Gasteiger partial charge in [-0.15, -0.1) is 0 Å². The van der Waals surface area contributed by atoms with Crippen molar-refractivity contribution in [2.24, 2.45) is 0 Å². The Labute approximate surface area is 115 Å². The molecule has 20 heavy (non-hydrogen) atoms. The SMILES string of the molecule is OC(Cn1cccn1)C(F)(F)COCc1ccccc1. The summed E-state index contributed by atoms with van der Waals surface area (Å²) in [6.45, 7) is -1.01. The Morgan fingerprint density at radius 1 is 1.25 bits per heavy atom. The summed E-state index contributed by atoms with van der Waals surface area (Å²) in [5.74, 6) is -3.32. The molecule has 6 heteroatoms. The van der Waals surface area contributed by atoms with Crippen LogP contribution in [-0.4, -0.2) is 33.5 Å². The lowest BCUT2D eigenvalue weighted by Gasteiger charge is -2.22. The Morgan fingerprint density at radius 2 is 2.00 bits per heavy atom. The number of hydrogen-bond acceptors (Lipinski definition) is 3. The number of aliphatic hydroxyl groups excluding tert-OH is 1. The van der Waals surface area contributed by atoms with Gasteiger partial charge >= 0.3 is 0 Å². The van der Waals surface area contributed by atoms with Gasteiger partial charge in [-0.2, -0.15) is 5.10 Å². The smallest absolute Gasteiger partial charge is 0.298 e. The van der Waals surface area contributed by atoms with Crippen LogP contribution in [-0.2, 0) is 17.9 Å². The first-order valence-corrected chi connectivity index (χ1v) is 6.23. The molecular weight excluding hydrogens is 266 g/mol. The molecule has 1 aromatic heterocycles. The number of ether oxygens (including phenoxy) is 1. The molecule has 108 valence electrons. The average molecular weight is 282 g/mol. The van der Waals surface area contributed by atoms with Crippen LogP contribution in [0.1, 0.15) is 5.56 Å². The molecule has 0 fully saturated rings. The summed E-state index contributed by atoms with van der Waals surface area (Å²) >= 11 is 0. The van der Waals surface area contributed by atoms with Crippen molar-refractivity contribution in [2.45, 2.75) is 25.2 Å². The van der Waals surface area contributed by atoms with Crippen LogP contribution in [0.4, 0.5) is 8.78 Å². The predicted molar refractivity (Wildman–Crippen MR) is 69.3 cm³/mol. The van der Waals surface area contributed by atoms with Gasteiger partial charge in [0.15, 0.2) is 0 Å². The molecule has 0 amide bonds. The largest absolute Gasteiger partial charge is 0.385 e. The van der Waals surface area contributed by atoms with Gasteiger partial charge in [0.25, 0.3) is 5.92 Å². The molecule has 1 atom stereocenters. The Morgan fingerprint density at radius 3 is 2.65 bits per heavy atom. The topological polar surface area (TPSA) is 47.3 Å². The molecule has 2 rings (SSSR count). The molecular formula is C14H16F2N2O2. The third-order valence-corrected chi connectivity index (χ3v) is 2.81. The second kappa shape index (κ2) is 6.58. The van der Waals surface area contributed by atoms with Gasteiger partial charge in [-0.25, -0.2) is 8.78 Å². The van der Waals surface area contributed by atoms with E-state index in [1.165, 1.54) is 17.1 Å². The molecule has 0 saturated heterocycles. The van der Waals surface area contributed by atoms with Crippen LogP contribution >= 0.6 is 0 Å². The number of alkyl halides is 2. The molecule has 1 N–H and O–H groups in total. The number of aromatic nitrogens is 2. The highest BCUT2D eigenvalue weighted by molar-refractivity contribution is 5.13. The number of rotatable bonds is 7. The van der Waals surface area contributed by atoms with Gasteiger partial charge in [0.05, 0.1) is 13.2 Å². The van der Waals surface area contributed by atoms with Crippen molar-refractivity contribution in [2.75, 3.05) is 6.61 Å². The molecule has 0 bridgehead atoms. The van der Waals surface area contributed by atoms with Crippen molar-refractivity contribution in [1.82, 2.24) is 9.78 Å². The number of nitrogens with zero attached hydrogens (tertiary/aromatic N) is 2. The first-order valence-electron chi connectivity index (χ1n) is 6.23. The van der Waals surface area contributed by atoms with E-state index < -0.39 is 18.6 Å². The minimum absolute atomic E-state index is 0.0882. The van der Waals surface area contributed by atoms with E-state index in [4.69, 9.17) is 4.74 Å². The van der Waals surface area contributed by atoms with Crippen LogP contribution in [0.5, 0.6) is 0 Å². The van der Waals surface area contributed by atoms with E-state index >= 15 is 0 Å². The monoisotopic (exact) mass is 282 g/mol. The van der Waals surface area contributed by atoms with Gasteiger partial charge in [0.1, 0.15) is 12.7 Å². The number of halogens is 2. The van der Waals surface area contributed by atoms with Crippen molar-refractivity contribution >= 4 is 0 Å². The van der Waals surface area contributed by atoms with Crippen LogP contribution in [0.2, 0.25) is 0 Å². The van der Waals surface area contributed by atoms with Gasteiger partial charge in [0, 0.05) is 12.4 Å². The molecule has 0 spiro atoms. The summed E-state index contributed by atoms with van der Waals surface area (Å²) in [5, 5.41) is 13.3. The number of benzene rings is 1. The average Bonchev–Trinajstić information content (AvgIpc) is 2.92. The Bertz CT molecular complexity index is 503. The van der Waals surface area contributed by atoms with Crippen molar-refractivity contribution < 1.29 is 18.6 Å². The predicted octanol–water partition coefficient (Wildman–Crippen LogP) is 2.10. The highest BCUT2D eigenvalue weighted by Gasteiger charge is 2.39. The molecule has 0 aliphatic rings. The third kappa shape index (κ3) is 4.11. The molecule has 1 unspecified atom stereocenters. The van der Waals surface area contributed by atoms with Gasteiger partial charge in [0.2, 0.25) is 0 Å². The molecule has 1 heterocycles. The van der Waals surface area contributed by atoms with Crippen molar-refractivity contribution in [1.29, 1.82) is 0 Å². The van der Waals surface area contributed by atoms with E-state index in [2.05, 4.69) is 5.10 Å². The maximum Gasteiger partial charge on any atom is 0.298 e. The first-order chi connectivity index (χ1) is 9.58. The van der Waals surface area contributed by atoms with Crippen LogP contribution in [0, 0.1) is 0 Å². The van der Waals surface area contributed by atoms with Crippen molar-refractivity contribution in [3.63, 3.8) is 0 Å². The van der Waals surface area contributed by atoms with E-state index in [1.807, 2.05) is 18.2 Å². The maximum atomic E-state index is 13.7. The Kier molecular flexibility index (Phi) is 4.81. The molecule has 0 aliphatic heterocycles. The summed E-state index contributed by atoms with van der Waals surface area (Å²) in [5.41, 5.74) is 0.810. The van der Waals surface area contributed by atoms with E-state index in [-0.39, 0.29) is 13.2 Å². The minimum Gasteiger partial charge on any atom is -0.385 e. The van der Waals surface area contributed by atoms with E-state index in [1.54, 1.807) is 18.2 Å². The third-order valence-electron chi connectivity index (χ3n) is 2.81. The lowest BCUT2D eigenvalue weighted by atomic mass is 10.2. The highest BCUT2D eigenvalue weighted by Crippen LogP contribution is 2.21. The minimum atomic E-state index is -3.32. The fraction of sp³-hybridized carbons (Fsp3) is 0.357. The molecule has 0 saturated carbocycles. The van der Waals surface area contributed by atoms with Crippen LogP contribution < -0.4 is 0 Å². The summed E-state index contributed by atoms with van der Waals surface area (Å²) in [7, 11) is 0. The summed E-state index contributed by atoms with van der Waals surface area (Å²) < 4.78 is 33.6. The first kappa shape index (κ1) is 14.6. The lowest BCUT2D eigenvalue weighted by molar-refractivity contribution is -0.157. The number of hydrogen-bond donors (Lipinski definition) is 1. The van der Waals surface area contributed by atoms with E-state index in [9.17, 15) is 13.9 Å². The lowest BCUT2D eigenvalue weighted by Crippen LogP contribution is -2.41. The van der Waals surface area contributed by atoms with Gasteiger partial charge in [-0.1, -0.05) is 30.3 Å². The van der Waals surface area contributed by atoms with E-state index in [0.29, 0.717) is 0 Å². The van der Waals surface area contributed by atoms with Gasteiger partial charge < -0.3 is 9.84 Å². The highest BCUT2D eigenvalue weighted by atomic mass is 19.3. The quantitative estimate of drug-likeness (QED) is 0.846. The van der Waals surface area contributed by atoms with E-state index in [0.717, 1.165) is 5.56 Å². The maximum absolute atomic E-state index is 13.7. The van der Waals surface area contributed by atoms with Gasteiger partial charge in [-0.3, -0.25) is 4.68 Å². The summed E-state index contributed by atoms with van der Waals surface area (Å²) in [6, 6.07) is 10.6. The normalized spacial score (nSPS) is 13.3. The fourth-order valence-electron chi connectivity index (χ4n) is 1.69. The van der Waals surface area contributed by atoms with Gasteiger partial charge in [-0.05, 0) is 11.6 Å². The van der Waals surface area contributed by atoms with Crippen LogP contribution in [0.15, 0.2) is 48.8 Å². The fourth-order valence-corrected chi connectivity index (χ4v) is 1.69. The van der Waals surface area contributed by atoms with Crippen LogP contribution in [0.25, 0.3) is 0 Å². The summed E-state index contributed by atoms with van der Waals surface area (Å²) in [4.78, 5) is 0. The Hall–Kier alpha value is -1.79. The molecule has 4 nitrogen and oxygen atoms in total. The van der Waals surface area contributed by atoms with Crippen molar-refractivity contribution in [3.8, 4) is 0 Å². The zero-order chi connectivity index (χ0) is 14.4. The van der Waals surface area contributed by atoms with Crippen molar-refractivity contribution in [3.05, 3.63) is 54.4 Å². The molecule has 1 aromatic carbocycles. The zero-order valence-electron chi connectivity index (χ0n) is 10.8. The second-order valence-electron chi connectivity index (χ2n) is 4.48. The second-order valence-corrected chi connectivity index (χ2v) is 4.48. The summed E-state index contributed by atoms with van der Waals surface area (Å²) in [6.07, 6.45) is 1.15. The zero-order valence-corrected chi connectivity index (χ0v) is 10.8. The Balaban J connectivity index is 1.80. The number of aliphatic hydroxyl groups is 1. The molecule has 2 aromatic rings.